The Morgan fingerprint density at radius 2 is 0.952 bits per heavy atom. The van der Waals surface area contributed by atoms with Gasteiger partial charge in [0.05, 0.1) is 22.3 Å². The molecule has 12 aromatic rings. The summed E-state index contributed by atoms with van der Waals surface area (Å²) in [6.07, 6.45) is 11.3. The maximum Gasteiger partial charge on any atom is 0.281 e. The molecule has 5 aliphatic rings. The number of phenols is 1. The molecule has 42 heteroatoms. The highest BCUT2D eigenvalue weighted by Gasteiger charge is 2.48. The van der Waals surface area contributed by atoms with Gasteiger partial charge in [0.25, 0.3) is 63.7 Å². The molecule has 0 bridgehead atoms. The van der Waals surface area contributed by atoms with Crippen molar-refractivity contribution in [2.75, 3.05) is 76.6 Å². The van der Waals surface area contributed by atoms with E-state index in [0.29, 0.717) is 106 Å². The molecule has 14 heterocycles. The fourth-order valence-corrected chi connectivity index (χ4v) is 23.3. The molecule has 37 nitrogen and oxygen atoms in total. The lowest BCUT2D eigenvalue weighted by molar-refractivity contribution is 0.0382. The van der Waals surface area contributed by atoms with E-state index in [2.05, 4.69) is 186 Å². The Morgan fingerprint density at radius 3 is 1.42 bits per heavy atom. The lowest BCUT2D eigenvalue weighted by Gasteiger charge is -2.42. The first-order chi connectivity index (χ1) is 68.9. The third-order valence-corrected chi connectivity index (χ3v) is 31.1. The summed E-state index contributed by atoms with van der Waals surface area (Å²) in [5, 5.41) is 15.7. The zero-order valence-corrected chi connectivity index (χ0v) is 88.1. The van der Waals surface area contributed by atoms with Crippen molar-refractivity contribution < 1.29 is 76.7 Å². The Balaban J connectivity index is 0.000000154. The van der Waals surface area contributed by atoms with Gasteiger partial charge >= 0.3 is 0 Å². The van der Waals surface area contributed by atoms with E-state index >= 15 is 0 Å². The number of nitrogens with two attached hydrogens (primary N) is 1. The van der Waals surface area contributed by atoms with Gasteiger partial charge in [0.2, 0.25) is 23.5 Å². The number of rotatable bonds is 27. The van der Waals surface area contributed by atoms with E-state index in [9.17, 15) is 58.0 Å². The van der Waals surface area contributed by atoms with E-state index in [1.807, 2.05) is 18.2 Å². The first-order valence-corrected chi connectivity index (χ1v) is 54.2. The summed E-state index contributed by atoms with van der Waals surface area (Å²) in [5.41, 5.74) is 8.58. The quantitative estimate of drug-likeness (QED) is 0.0251. The summed E-state index contributed by atoms with van der Waals surface area (Å²) in [6.45, 7) is 36.3. The Kier molecular flexibility index (Phi) is 33.0. The van der Waals surface area contributed by atoms with Crippen LogP contribution in [-0.2, 0) is 63.3 Å². The first-order valence-electron chi connectivity index (χ1n) is 47.9. The number of hydrogen-bond acceptors (Lipinski definition) is 33. The fourth-order valence-electron chi connectivity index (χ4n) is 19.3. The molecule has 146 heavy (non-hydrogen) atoms. The van der Waals surface area contributed by atoms with Crippen LogP contribution in [0.2, 0.25) is 5.02 Å². The Labute approximate surface area is 856 Å². The highest BCUT2D eigenvalue weighted by Crippen LogP contribution is 2.47. The van der Waals surface area contributed by atoms with Gasteiger partial charge in [-0.3, -0.25) is 19.2 Å². The van der Waals surface area contributed by atoms with Crippen LogP contribution < -0.4 is 59.0 Å². The lowest BCUT2D eigenvalue weighted by atomic mass is 9.75. The molecule has 9 aromatic heterocycles. The van der Waals surface area contributed by atoms with E-state index in [4.69, 9.17) is 41.1 Å². The Hall–Kier alpha value is -13.9. The largest absolute Gasteiger partial charge is 0.508 e. The number of nitrogens with one attached hydrogen (secondary N) is 5. The number of pyridine rings is 8. The number of carbonyl (C=O) groups is 4. The van der Waals surface area contributed by atoms with Gasteiger partial charge in [0.1, 0.15) is 53.0 Å². The van der Waals surface area contributed by atoms with Crippen molar-refractivity contribution in [3.05, 3.63) is 263 Å². The zero-order valence-electron chi connectivity index (χ0n) is 84.0. The molecule has 0 radical (unpaired) electrons. The number of ether oxygens (including phenoxy) is 3. The van der Waals surface area contributed by atoms with Crippen molar-refractivity contribution >= 4 is 110 Å². The second-order valence-corrected chi connectivity index (χ2v) is 47.4. The molecule has 5 aliphatic heterocycles. The van der Waals surface area contributed by atoms with Crippen molar-refractivity contribution in [1.29, 1.82) is 0 Å². The van der Waals surface area contributed by atoms with Gasteiger partial charge in [-0.1, -0.05) is 119 Å². The molecule has 4 amide bonds. The molecular formula is C104H123ClN20O17S4. The van der Waals surface area contributed by atoms with Gasteiger partial charge in [0, 0.05) is 127 Å². The number of phenolic OH excluding ortho intramolecular Hbond substituents is 1. The van der Waals surface area contributed by atoms with Crippen LogP contribution in [0.15, 0.2) is 237 Å². The normalized spacial score (nSPS) is 18.0. The number of carbonyl (C=O) groups excluding carboxylic acids is 4. The fraction of sp³-hybridized carbons (Fsp3) is 0.385. The van der Waals surface area contributed by atoms with Crippen LogP contribution in [0.1, 0.15) is 200 Å². The molecule has 3 aromatic carbocycles. The van der Waals surface area contributed by atoms with Crippen LogP contribution in [-0.4, -0.2) is 181 Å². The van der Waals surface area contributed by atoms with E-state index < -0.39 is 63.7 Å². The second kappa shape index (κ2) is 44.6. The average Bonchev–Trinajstić information content (AvgIpc) is 1.58. The van der Waals surface area contributed by atoms with Crippen molar-refractivity contribution in [2.24, 2.45) is 29.6 Å². The zero-order chi connectivity index (χ0) is 105. The monoisotopic (exact) mass is 2090 g/mol. The van der Waals surface area contributed by atoms with Crippen molar-refractivity contribution in [1.82, 2.24) is 68.9 Å². The SMILES string of the molecule is CC(C)(C)c1ccc(C(=O)NS(=O)(=O)c2cccc(N)n2)c(N2CCC(C3CCOCC3)C2(C)C)n1.CC1CN(c2ncccc2C(=O)NS(=O)(=O)c2cccc(NCCc3ccc(O)cc3)n2)C(C)(C)C1.CC1CN(c2ncccc2C(=O)NS(=O)(=O)c2cccc(OCc3cccc(Cl)c3)n2)C(C)(C)C1.Cc1nc(-c2cccc(Oc3cccc(S(=O)(=O)NC(=O)c4cccnc4N4CC(C)CC4(C)C)n3)c2)no1. The molecule has 5 saturated heterocycles. The van der Waals surface area contributed by atoms with Crippen molar-refractivity contribution in [3.63, 3.8) is 0 Å². The van der Waals surface area contributed by atoms with Crippen molar-refractivity contribution in [2.45, 2.75) is 203 Å². The Morgan fingerprint density at radius 1 is 0.493 bits per heavy atom. The lowest BCUT2D eigenvalue weighted by Crippen LogP contribution is -2.47. The van der Waals surface area contributed by atoms with Crippen LogP contribution >= 0.6 is 11.6 Å². The van der Waals surface area contributed by atoms with Crippen LogP contribution in [0.4, 0.5) is 34.9 Å². The molecule has 17 rings (SSSR count). The van der Waals surface area contributed by atoms with E-state index in [1.165, 1.54) is 54.6 Å². The number of sulfonamides is 4. The summed E-state index contributed by atoms with van der Waals surface area (Å²) < 4.78 is 135. The van der Waals surface area contributed by atoms with Gasteiger partial charge in [-0.15, -0.1) is 0 Å². The summed E-state index contributed by atoms with van der Waals surface area (Å²) in [5.74, 6) is 3.02. The number of nitrogen functional groups attached to an aromatic ring is 1. The van der Waals surface area contributed by atoms with Crippen LogP contribution in [0.25, 0.3) is 11.4 Å². The standard InChI is InChI=1S/C27H28N6O5S.C26H37N5O4S.C26H31N5O4S.C25H27ClN4O4S/c1-17-15-27(3,4)33(16-17)25-21(10-7-13-28-25)26(34)32-39(35,36)23-12-6-11-22(30-23)37-20-9-5-8-19(14-20)24-29-18(2)38-31-24;1-25(2,3)20-10-9-18(24(32)30-36(33,34)22-8-6-7-21(27)29-22)23(28-20)31-14-11-19(26(31,4)5)17-12-15-35-16-13-17;1-18-16-26(2,3)31(17-18)24-21(6-5-14-28-24)25(33)30-36(34,35)23-8-4-7-22(29-23)27-15-13-19-9-11-20(32)12-10-19;1-17-14-25(2,3)30(15-17)23-20(9-6-12-27-23)24(31)29-35(32,33)22-11-5-10-21(28-22)34-16-18-7-4-8-19(26)13-18/h5-14,17H,15-16H2,1-4H3,(H,32,34);6-10,17,19H,11-16H2,1-5H3,(H2,27,29)(H,30,32);4-12,14,18,32H,13,15-17H2,1-3H3,(H,27,29)(H,30,33);4-13,17H,14-16H2,1-3H3,(H,29,31). The second-order valence-electron chi connectivity index (χ2n) is 40.4. The number of aryl methyl sites for hydroxylation is 1. The van der Waals surface area contributed by atoms with Crippen LogP contribution in [0, 0.1) is 36.5 Å². The number of aromatic nitrogens is 10. The highest BCUT2D eigenvalue weighted by molar-refractivity contribution is 7.91. The minimum Gasteiger partial charge on any atom is -0.508 e. The summed E-state index contributed by atoms with van der Waals surface area (Å²) in [4.78, 5) is 99.9. The topological polar surface area (TPSA) is 494 Å². The van der Waals surface area contributed by atoms with Gasteiger partial charge < -0.3 is 54.5 Å². The van der Waals surface area contributed by atoms with E-state index in [-0.39, 0.29) is 99.9 Å². The summed E-state index contributed by atoms with van der Waals surface area (Å²) in [6, 6.07) is 51.4. The van der Waals surface area contributed by atoms with Gasteiger partial charge in [0.15, 0.2) is 20.1 Å². The third kappa shape index (κ3) is 26.5. The minimum atomic E-state index is -4.32. The average molecular weight is 2090 g/mol. The number of hydrogen-bond donors (Lipinski definition) is 7. The maximum absolute atomic E-state index is 13.4. The molecule has 0 aliphatic carbocycles. The minimum absolute atomic E-state index is 0.0293. The van der Waals surface area contributed by atoms with E-state index in [1.54, 1.807) is 147 Å². The number of amides is 4. The predicted molar refractivity (Wildman–Crippen MR) is 555 cm³/mol. The number of nitrogens with zero attached hydrogens (tertiary/aromatic N) is 14. The molecular weight excluding hydrogens is 1960 g/mol. The number of halogens is 1. The third-order valence-electron chi connectivity index (χ3n) is 26.0. The molecule has 5 fully saturated rings. The number of anilines is 6. The molecule has 0 saturated carbocycles. The molecule has 0 spiro atoms. The van der Waals surface area contributed by atoms with Crippen LogP contribution in [0.3, 0.4) is 0 Å². The highest BCUT2D eigenvalue weighted by atomic mass is 35.5. The molecule has 4 unspecified atom stereocenters. The Bertz CT molecular complexity index is 7260. The molecule has 4 atom stereocenters. The predicted octanol–water partition coefficient (Wildman–Crippen LogP) is 15.9. The van der Waals surface area contributed by atoms with Crippen LogP contribution in [0.5, 0.6) is 23.3 Å². The van der Waals surface area contributed by atoms with Gasteiger partial charge in [-0.2, -0.15) is 48.6 Å². The maximum atomic E-state index is 13.4. The summed E-state index contributed by atoms with van der Waals surface area (Å²) in [7, 11) is -17.0. The molecule has 8 N–H and O–H groups in total. The van der Waals surface area contributed by atoms with Gasteiger partial charge in [-0.05, 0) is 262 Å². The number of aromatic hydroxyl groups is 1. The smallest absolute Gasteiger partial charge is 0.281 e. The van der Waals surface area contributed by atoms with Gasteiger partial charge in [-0.25, -0.2) is 48.8 Å². The van der Waals surface area contributed by atoms with Crippen molar-refractivity contribution in [3.8, 4) is 34.6 Å². The first kappa shape index (κ1) is 108. The summed E-state index contributed by atoms with van der Waals surface area (Å²) >= 11 is 5.99. The molecule has 772 valence electrons. The van der Waals surface area contributed by atoms with E-state index in [0.717, 1.165) is 88.2 Å². The number of benzene rings is 3.